The lowest BCUT2D eigenvalue weighted by atomic mass is 9.95. The van der Waals surface area contributed by atoms with Crippen molar-refractivity contribution in [3.8, 4) is 5.75 Å². The van der Waals surface area contributed by atoms with E-state index in [-0.39, 0.29) is 17.6 Å². The standard InChI is InChI=1S/C12H18N2O3/c1-8(9(2)13)6-10-7-11(14(15)16)4-5-12(10)17-3/h4-5,7-9H,6,13H2,1-3H3. The Balaban J connectivity index is 3.02. The number of hydrogen-bond acceptors (Lipinski definition) is 4. The van der Waals surface area contributed by atoms with Gasteiger partial charge >= 0.3 is 0 Å². The van der Waals surface area contributed by atoms with Crippen LogP contribution in [0.25, 0.3) is 0 Å². The van der Waals surface area contributed by atoms with Crippen LogP contribution in [0.15, 0.2) is 18.2 Å². The monoisotopic (exact) mass is 238 g/mol. The molecule has 17 heavy (non-hydrogen) atoms. The molecule has 0 saturated heterocycles. The third-order valence-electron chi connectivity index (χ3n) is 2.91. The van der Waals surface area contributed by atoms with Crippen LogP contribution in [0.1, 0.15) is 19.4 Å². The Morgan fingerprint density at radius 3 is 2.59 bits per heavy atom. The topological polar surface area (TPSA) is 78.4 Å². The van der Waals surface area contributed by atoms with Crippen LogP contribution >= 0.6 is 0 Å². The van der Waals surface area contributed by atoms with Crippen molar-refractivity contribution in [2.45, 2.75) is 26.3 Å². The van der Waals surface area contributed by atoms with Crippen molar-refractivity contribution < 1.29 is 9.66 Å². The quantitative estimate of drug-likeness (QED) is 0.629. The van der Waals surface area contributed by atoms with Crippen LogP contribution in [0, 0.1) is 16.0 Å². The molecule has 0 saturated carbocycles. The molecule has 5 heteroatoms. The van der Waals surface area contributed by atoms with E-state index < -0.39 is 4.92 Å². The molecule has 0 aromatic heterocycles. The van der Waals surface area contributed by atoms with Gasteiger partial charge in [-0.05, 0) is 25.3 Å². The summed E-state index contributed by atoms with van der Waals surface area (Å²) in [4.78, 5) is 10.3. The average molecular weight is 238 g/mol. The lowest BCUT2D eigenvalue weighted by Crippen LogP contribution is -2.25. The van der Waals surface area contributed by atoms with E-state index in [2.05, 4.69) is 0 Å². The molecular formula is C12H18N2O3. The summed E-state index contributed by atoms with van der Waals surface area (Å²) in [6.45, 7) is 3.94. The summed E-state index contributed by atoms with van der Waals surface area (Å²) in [5.41, 5.74) is 6.71. The van der Waals surface area contributed by atoms with Gasteiger partial charge in [-0.3, -0.25) is 10.1 Å². The molecule has 5 nitrogen and oxygen atoms in total. The molecule has 1 aromatic rings. The molecule has 2 N–H and O–H groups in total. The van der Waals surface area contributed by atoms with Crippen molar-refractivity contribution in [1.82, 2.24) is 0 Å². The minimum absolute atomic E-state index is 0.0407. The average Bonchev–Trinajstić information content (AvgIpc) is 2.28. The Hall–Kier alpha value is -1.62. The van der Waals surface area contributed by atoms with Gasteiger partial charge in [0.2, 0.25) is 0 Å². The smallest absolute Gasteiger partial charge is 0.269 e. The highest BCUT2D eigenvalue weighted by Gasteiger charge is 2.15. The summed E-state index contributed by atoms with van der Waals surface area (Å²) in [6, 6.07) is 4.66. The summed E-state index contributed by atoms with van der Waals surface area (Å²) in [7, 11) is 1.56. The molecule has 1 aromatic carbocycles. The van der Waals surface area contributed by atoms with Crippen LogP contribution in [-0.2, 0) is 6.42 Å². The molecule has 0 spiro atoms. The van der Waals surface area contributed by atoms with Gasteiger partial charge in [-0.1, -0.05) is 6.92 Å². The molecule has 0 amide bonds. The van der Waals surface area contributed by atoms with E-state index in [9.17, 15) is 10.1 Å². The maximum Gasteiger partial charge on any atom is 0.269 e. The summed E-state index contributed by atoms with van der Waals surface area (Å²) in [6.07, 6.45) is 0.669. The maximum absolute atomic E-state index is 10.7. The molecule has 0 heterocycles. The van der Waals surface area contributed by atoms with Gasteiger partial charge in [0.1, 0.15) is 5.75 Å². The van der Waals surface area contributed by atoms with Crippen molar-refractivity contribution in [2.24, 2.45) is 11.7 Å². The van der Waals surface area contributed by atoms with Gasteiger partial charge in [0.15, 0.2) is 0 Å². The zero-order chi connectivity index (χ0) is 13.0. The third kappa shape index (κ3) is 3.42. The fraction of sp³-hybridized carbons (Fsp3) is 0.500. The number of methoxy groups -OCH3 is 1. The molecule has 0 aliphatic heterocycles. The first-order valence-electron chi connectivity index (χ1n) is 5.52. The van der Waals surface area contributed by atoms with E-state index in [1.54, 1.807) is 19.2 Å². The fourth-order valence-corrected chi connectivity index (χ4v) is 1.57. The Kier molecular flexibility index (Phi) is 4.45. The lowest BCUT2D eigenvalue weighted by Gasteiger charge is -2.17. The van der Waals surface area contributed by atoms with Gasteiger partial charge in [0.05, 0.1) is 12.0 Å². The minimum atomic E-state index is -0.403. The molecule has 0 fully saturated rings. The summed E-state index contributed by atoms with van der Waals surface area (Å²) >= 11 is 0. The van der Waals surface area contributed by atoms with Crippen LogP contribution in [0.4, 0.5) is 5.69 Å². The van der Waals surface area contributed by atoms with E-state index in [0.29, 0.717) is 12.2 Å². The predicted molar refractivity (Wildman–Crippen MR) is 66.2 cm³/mol. The van der Waals surface area contributed by atoms with E-state index in [1.165, 1.54) is 6.07 Å². The highest BCUT2D eigenvalue weighted by molar-refractivity contribution is 5.44. The van der Waals surface area contributed by atoms with Gasteiger partial charge in [-0.15, -0.1) is 0 Å². The largest absolute Gasteiger partial charge is 0.496 e. The molecular weight excluding hydrogens is 220 g/mol. The Morgan fingerprint density at radius 2 is 2.12 bits per heavy atom. The fourth-order valence-electron chi connectivity index (χ4n) is 1.57. The van der Waals surface area contributed by atoms with Gasteiger partial charge < -0.3 is 10.5 Å². The summed E-state index contributed by atoms with van der Waals surface area (Å²) in [5.74, 6) is 0.911. The van der Waals surface area contributed by atoms with Crippen LogP contribution < -0.4 is 10.5 Å². The first-order chi connectivity index (χ1) is 7.95. The number of hydrogen-bond donors (Lipinski definition) is 1. The summed E-state index contributed by atoms with van der Waals surface area (Å²) < 4.78 is 5.20. The molecule has 94 valence electrons. The van der Waals surface area contributed by atoms with Crippen molar-refractivity contribution >= 4 is 5.69 Å². The first-order valence-corrected chi connectivity index (χ1v) is 5.52. The third-order valence-corrected chi connectivity index (χ3v) is 2.91. The SMILES string of the molecule is COc1ccc([N+](=O)[O-])cc1CC(C)C(C)N. The van der Waals surface area contributed by atoms with Crippen molar-refractivity contribution in [1.29, 1.82) is 0 Å². The van der Waals surface area contributed by atoms with Gasteiger partial charge in [-0.25, -0.2) is 0 Å². The lowest BCUT2D eigenvalue weighted by molar-refractivity contribution is -0.384. The predicted octanol–water partition coefficient (Wildman–Crippen LogP) is 2.13. The molecule has 0 radical (unpaired) electrons. The number of ether oxygens (including phenoxy) is 1. The molecule has 2 atom stereocenters. The second-order valence-corrected chi connectivity index (χ2v) is 4.29. The molecule has 0 aliphatic carbocycles. The van der Waals surface area contributed by atoms with E-state index >= 15 is 0 Å². The van der Waals surface area contributed by atoms with Crippen LogP contribution in [0.5, 0.6) is 5.75 Å². The number of benzene rings is 1. The summed E-state index contributed by atoms with van der Waals surface area (Å²) in [5, 5.41) is 10.7. The van der Waals surface area contributed by atoms with Crippen molar-refractivity contribution in [3.63, 3.8) is 0 Å². The van der Waals surface area contributed by atoms with Crippen molar-refractivity contribution in [2.75, 3.05) is 7.11 Å². The van der Waals surface area contributed by atoms with E-state index in [0.717, 1.165) is 5.56 Å². The Labute approximate surface area is 101 Å². The van der Waals surface area contributed by atoms with Crippen molar-refractivity contribution in [3.05, 3.63) is 33.9 Å². The Morgan fingerprint density at radius 1 is 1.47 bits per heavy atom. The molecule has 0 bridgehead atoms. The van der Waals surface area contributed by atoms with Crippen LogP contribution in [0.2, 0.25) is 0 Å². The zero-order valence-corrected chi connectivity index (χ0v) is 10.3. The first kappa shape index (κ1) is 13.4. The second kappa shape index (κ2) is 5.63. The van der Waals surface area contributed by atoms with Gasteiger partial charge in [-0.2, -0.15) is 0 Å². The normalized spacial score (nSPS) is 14.1. The molecule has 2 unspecified atom stereocenters. The zero-order valence-electron chi connectivity index (χ0n) is 10.3. The highest BCUT2D eigenvalue weighted by Crippen LogP contribution is 2.26. The van der Waals surface area contributed by atoms with Gasteiger partial charge in [0.25, 0.3) is 5.69 Å². The van der Waals surface area contributed by atoms with E-state index in [1.807, 2.05) is 13.8 Å². The number of rotatable bonds is 5. The highest BCUT2D eigenvalue weighted by atomic mass is 16.6. The van der Waals surface area contributed by atoms with E-state index in [4.69, 9.17) is 10.5 Å². The maximum atomic E-state index is 10.7. The molecule has 0 aliphatic rings. The number of non-ortho nitro benzene ring substituents is 1. The van der Waals surface area contributed by atoms with Crippen LogP contribution in [-0.4, -0.2) is 18.1 Å². The minimum Gasteiger partial charge on any atom is -0.496 e. The second-order valence-electron chi connectivity index (χ2n) is 4.29. The molecule has 1 rings (SSSR count). The number of nitrogens with zero attached hydrogens (tertiary/aromatic N) is 1. The van der Waals surface area contributed by atoms with Crippen LogP contribution in [0.3, 0.4) is 0 Å². The number of nitro benzene ring substituents is 1. The number of nitrogens with two attached hydrogens (primary N) is 1. The Bertz CT molecular complexity index is 405. The number of nitro groups is 1. The van der Waals surface area contributed by atoms with Gasteiger partial charge in [0, 0.05) is 23.7 Å².